The Balaban J connectivity index is 1.83. The summed E-state index contributed by atoms with van der Waals surface area (Å²) in [7, 11) is 0. The number of carbonyl (C=O) groups is 2. The van der Waals surface area contributed by atoms with Crippen molar-refractivity contribution in [3.8, 4) is 5.75 Å². The molecule has 2 rings (SSSR count). The van der Waals surface area contributed by atoms with Gasteiger partial charge in [0.05, 0.1) is 12.0 Å². The summed E-state index contributed by atoms with van der Waals surface area (Å²) < 4.78 is 5.46. The molecule has 1 amide bonds. The number of nitrogens with one attached hydrogen (secondary N) is 1. The number of ether oxygens (including phenoxy) is 1. The molecule has 0 atom stereocenters. The van der Waals surface area contributed by atoms with Crippen molar-refractivity contribution in [3.63, 3.8) is 0 Å². The van der Waals surface area contributed by atoms with E-state index in [1.54, 1.807) is 0 Å². The van der Waals surface area contributed by atoms with Crippen molar-refractivity contribution in [2.45, 2.75) is 51.0 Å². The van der Waals surface area contributed by atoms with Crippen LogP contribution < -0.4 is 10.1 Å². The van der Waals surface area contributed by atoms with E-state index in [0.717, 1.165) is 6.42 Å². The van der Waals surface area contributed by atoms with Gasteiger partial charge in [-0.2, -0.15) is 0 Å². The molecule has 0 aromatic heterocycles. The van der Waals surface area contributed by atoms with Crippen LogP contribution in [-0.2, 0) is 9.59 Å². The van der Waals surface area contributed by atoms with E-state index in [2.05, 4.69) is 19.2 Å². The zero-order chi connectivity index (χ0) is 16.2. The van der Waals surface area contributed by atoms with Crippen LogP contribution in [0, 0.1) is 0 Å². The Kier molecular flexibility index (Phi) is 5.06. The lowest BCUT2D eigenvalue weighted by Gasteiger charge is -2.41. The summed E-state index contributed by atoms with van der Waals surface area (Å²) in [5, 5.41) is 11.7. The van der Waals surface area contributed by atoms with Gasteiger partial charge in [0.15, 0.2) is 6.61 Å². The van der Waals surface area contributed by atoms with Crippen molar-refractivity contribution in [2.24, 2.45) is 0 Å². The summed E-state index contributed by atoms with van der Waals surface area (Å²) in [6.07, 6.45) is 2.36. The highest BCUT2D eigenvalue weighted by Gasteiger charge is 2.40. The number of rotatable bonds is 7. The van der Waals surface area contributed by atoms with Gasteiger partial charge in [-0.3, -0.25) is 9.59 Å². The Morgan fingerprint density at radius 3 is 2.36 bits per heavy atom. The van der Waals surface area contributed by atoms with E-state index >= 15 is 0 Å². The Morgan fingerprint density at radius 1 is 1.27 bits per heavy atom. The van der Waals surface area contributed by atoms with Crippen molar-refractivity contribution in [2.75, 3.05) is 6.61 Å². The fourth-order valence-electron chi connectivity index (χ4n) is 2.67. The van der Waals surface area contributed by atoms with Crippen LogP contribution in [0.1, 0.15) is 51.0 Å². The lowest BCUT2D eigenvalue weighted by molar-refractivity contribution is -0.140. The monoisotopic (exact) mass is 305 g/mol. The molecule has 0 radical (unpaired) electrons. The van der Waals surface area contributed by atoms with E-state index in [-0.39, 0.29) is 18.9 Å². The summed E-state index contributed by atoms with van der Waals surface area (Å²) in [4.78, 5) is 22.8. The van der Waals surface area contributed by atoms with Gasteiger partial charge in [0.25, 0.3) is 5.91 Å². The Morgan fingerprint density at radius 2 is 1.91 bits per heavy atom. The first-order chi connectivity index (χ1) is 10.4. The third-order valence-electron chi connectivity index (χ3n) is 4.12. The average molecular weight is 305 g/mol. The average Bonchev–Trinajstić information content (AvgIpc) is 2.42. The number of carbonyl (C=O) groups excluding carboxylic acids is 1. The summed E-state index contributed by atoms with van der Waals surface area (Å²) in [6.45, 7) is 4.13. The minimum absolute atomic E-state index is 0.0260. The SMILES string of the molecule is CC(C)c1ccc(OCC(=O)NC2(CC(=O)O)CCC2)cc1. The highest BCUT2D eigenvalue weighted by Crippen LogP contribution is 2.34. The Hall–Kier alpha value is -2.04. The predicted molar refractivity (Wildman–Crippen MR) is 83.0 cm³/mol. The molecule has 0 unspecified atom stereocenters. The number of benzene rings is 1. The lowest BCUT2D eigenvalue weighted by Crippen LogP contribution is -2.55. The quantitative estimate of drug-likeness (QED) is 0.812. The predicted octanol–water partition coefficient (Wildman–Crippen LogP) is 2.70. The molecule has 0 heterocycles. The van der Waals surface area contributed by atoms with Gasteiger partial charge in [-0.05, 0) is 42.9 Å². The van der Waals surface area contributed by atoms with Crippen LogP contribution in [0.25, 0.3) is 0 Å². The molecule has 0 spiro atoms. The molecule has 1 aliphatic rings. The van der Waals surface area contributed by atoms with Crippen LogP contribution in [-0.4, -0.2) is 29.1 Å². The van der Waals surface area contributed by atoms with Gasteiger partial charge in [0.2, 0.25) is 0 Å². The van der Waals surface area contributed by atoms with Gasteiger partial charge < -0.3 is 15.2 Å². The molecule has 1 aromatic carbocycles. The van der Waals surface area contributed by atoms with Crippen molar-refractivity contribution < 1.29 is 19.4 Å². The van der Waals surface area contributed by atoms with Gasteiger partial charge in [0, 0.05) is 0 Å². The van der Waals surface area contributed by atoms with Gasteiger partial charge in [0.1, 0.15) is 5.75 Å². The summed E-state index contributed by atoms with van der Waals surface area (Å²) in [6, 6.07) is 7.66. The number of hydrogen-bond donors (Lipinski definition) is 2. The number of amides is 1. The van der Waals surface area contributed by atoms with Crippen LogP contribution in [0.3, 0.4) is 0 Å². The van der Waals surface area contributed by atoms with Gasteiger partial charge >= 0.3 is 5.97 Å². The molecule has 2 N–H and O–H groups in total. The van der Waals surface area contributed by atoms with E-state index in [9.17, 15) is 9.59 Å². The van der Waals surface area contributed by atoms with Gasteiger partial charge in [-0.15, -0.1) is 0 Å². The topological polar surface area (TPSA) is 75.6 Å². The van der Waals surface area contributed by atoms with E-state index in [1.807, 2.05) is 24.3 Å². The van der Waals surface area contributed by atoms with E-state index in [0.29, 0.717) is 24.5 Å². The largest absolute Gasteiger partial charge is 0.484 e. The second-order valence-corrected chi connectivity index (χ2v) is 6.26. The fourth-order valence-corrected chi connectivity index (χ4v) is 2.67. The third-order valence-corrected chi connectivity index (χ3v) is 4.12. The molecule has 5 nitrogen and oxygen atoms in total. The molecule has 1 aromatic rings. The standard InChI is InChI=1S/C17H23NO4/c1-12(2)13-4-6-14(7-5-13)22-11-15(19)18-17(8-3-9-17)10-16(20)21/h4-7,12H,3,8-11H2,1-2H3,(H,18,19)(H,20,21). The molecule has 1 saturated carbocycles. The second kappa shape index (κ2) is 6.81. The first-order valence-corrected chi connectivity index (χ1v) is 7.66. The van der Waals surface area contributed by atoms with Gasteiger partial charge in [-0.25, -0.2) is 0 Å². The van der Waals surface area contributed by atoms with Crippen molar-refractivity contribution in [3.05, 3.63) is 29.8 Å². The zero-order valence-electron chi connectivity index (χ0n) is 13.1. The lowest BCUT2D eigenvalue weighted by atomic mass is 9.74. The van der Waals surface area contributed by atoms with E-state index in [4.69, 9.17) is 9.84 Å². The Bertz CT molecular complexity index is 532. The van der Waals surface area contributed by atoms with Crippen LogP contribution in [0.15, 0.2) is 24.3 Å². The maximum Gasteiger partial charge on any atom is 0.305 e. The smallest absolute Gasteiger partial charge is 0.305 e. The van der Waals surface area contributed by atoms with Crippen molar-refractivity contribution in [1.82, 2.24) is 5.32 Å². The molecular formula is C17H23NO4. The molecule has 0 aliphatic heterocycles. The molecule has 0 saturated heterocycles. The van der Waals surface area contributed by atoms with Crippen molar-refractivity contribution in [1.29, 1.82) is 0 Å². The third kappa shape index (κ3) is 4.23. The molecule has 22 heavy (non-hydrogen) atoms. The highest BCUT2D eigenvalue weighted by atomic mass is 16.5. The summed E-state index contributed by atoms with van der Waals surface area (Å²) >= 11 is 0. The molecule has 120 valence electrons. The number of aliphatic carboxylic acids is 1. The second-order valence-electron chi connectivity index (χ2n) is 6.26. The zero-order valence-corrected chi connectivity index (χ0v) is 13.1. The minimum Gasteiger partial charge on any atom is -0.484 e. The van der Waals surface area contributed by atoms with Crippen LogP contribution in [0.2, 0.25) is 0 Å². The number of carboxylic acids is 1. The molecule has 1 aliphatic carbocycles. The number of hydrogen-bond acceptors (Lipinski definition) is 3. The van der Waals surface area contributed by atoms with Crippen molar-refractivity contribution >= 4 is 11.9 Å². The normalized spacial score (nSPS) is 16.0. The van der Waals surface area contributed by atoms with Crippen LogP contribution >= 0.6 is 0 Å². The molecule has 1 fully saturated rings. The Labute approximate surface area is 130 Å². The summed E-state index contributed by atoms with van der Waals surface area (Å²) in [5.41, 5.74) is 0.639. The first kappa shape index (κ1) is 16.3. The molecule has 0 bridgehead atoms. The fraction of sp³-hybridized carbons (Fsp3) is 0.529. The van der Waals surface area contributed by atoms with E-state index < -0.39 is 11.5 Å². The van der Waals surface area contributed by atoms with Crippen LogP contribution in [0.5, 0.6) is 5.75 Å². The minimum atomic E-state index is -0.884. The first-order valence-electron chi connectivity index (χ1n) is 7.66. The number of carboxylic acid groups (broad SMARTS) is 1. The molecular weight excluding hydrogens is 282 g/mol. The van der Waals surface area contributed by atoms with E-state index in [1.165, 1.54) is 5.56 Å². The van der Waals surface area contributed by atoms with Gasteiger partial charge in [-0.1, -0.05) is 26.0 Å². The highest BCUT2D eigenvalue weighted by molar-refractivity contribution is 5.80. The summed E-state index contributed by atoms with van der Waals surface area (Å²) in [5.74, 6) is -0.0636. The molecule has 5 heteroatoms. The van der Waals surface area contributed by atoms with Crippen LogP contribution in [0.4, 0.5) is 0 Å². The maximum atomic E-state index is 12.0. The maximum absolute atomic E-state index is 12.0.